The molecule has 0 unspecified atom stereocenters. The predicted octanol–water partition coefficient (Wildman–Crippen LogP) is 4.92. The van der Waals surface area contributed by atoms with Gasteiger partial charge in [0.25, 0.3) is 0 Å². The standard InChI is InChI=1S/C26H34N4OS/c1-4-26(2,3)19-10-11-21-22(17-27)25(32-23(21)16-19)28-24(31)18-29-12-14-30(15-13-29)20-8-6-5-7-9-20/h5-9,19H,4,10-16,18H2,1-3H3,(H,28,31)/t19-/m0/s1. The van der Waals surface area contributed by atoms with Crippen molar-refractivity contribution in [2.75, 3.05) is 42.9 Å². The van der Waals surface area contributed by atoms with Gasteiger partial charge < -0.3 is 10.2 Å². The van der Waals surface area contributed by atoms with Gasteiger partial charge in [0.05, 0.1) is 12.1 Å². The molecule has 1 fully saturated rings. The van der Waals surface area contributed by atoms with E-state index in [9.17, 15) is 10.1 Å². The normalized spacial score (nSPS) is 19.3. The van der Waals surface area contributed by atoms with Crippen molar-refractivity contribution in [3.63, 3.8) is 0 Å². The van der Waals surface area contributed by atoms with E-state index in [1.807, 2.05) is 6.07 Å². The zero-order chi connectivity index (χ0) is 22.7. The lowest BCUT2D eigenvalue weighted by atomic mass is 9.69. The summed E-state index contributed by atoms with van der Waals surface area (Å²) in [5.41, 5.74) is 3.41. The van der Waals surface area contributed by atoms with E-state index in [1.165, 1.54) is 16.1 Å². The van der Waals surface area contributed by atoms with E-state index < -0.39 is 0 Å². The Morgan fingerprint density at radius 2 is 1.94 bits per heavy atom. The third kappa shape index (κ3) is 4.84. The monoisotopic (exact) mass is 450 g/mol. The van der Waals surface area contributed by atoms with E-state index >= 15 is 0 Å². The Morgan fingerprint density at radius 3 is 2.59 bits per heavy atom. The third-order valence-electron chi connectivity index (χ3n) is 7.51. The number of nitriles is 1. The number of nitrogens with one attached hydrogen (secondary N) is 1. The van der Waals surface area contributed by atoms with Crippen molar-refractivity contribution >= 4 is 27.9 Å². The smallest absolute Gasteiger partial charge is 0.239 e. The summed E-state index contributed by atoms with van der Waals surface area (Å²) in [6, 6.07) is 12.8. The third-order valence-corrected chi connectivity index (χ3v) is 8.68. The number of hydrogen-bond donors (Lipinski definition) is 1. The van der Waals surface area contributed by atoms with Crippen LogP contribution in [0.3, 0.4) is 0 Å². The van der Waals surface area contributed by atoms with Crippen LogP contribution in [-0.4, -0.2) is 43.5 Å². The molecule has 1 aliphatic carbocycles. The molecule has 4 rings (SSSR count). The SMILES string of the molecule is CCC(C)(C)[C@H]1CCc2c(sc(NC(=O)CN3CCN(c4ccccc4)CC3)c2C#N)C1. The quantitative estimate of drug-likeness (QED) is 0.678. The van der Waals surface area contributed by atoms with Gasteiger partial charge in [0.1, 0.15) is 11.1 Å². The first kappa shape index (κ1) is 22.8. The van der Waals surface area contributed by atoms with Gasteiger partial charge >= 0.3 is 0 Å². The van der Waals surface area contributed by atoms with Crippen LogP contribution >= 0.6 is 11.3 Å². The Morgan fingerprint density at radius 1 is 1.22 bits per heavy atom. The van der Waals surface area contributed by atoms with E-state index in [-0.39, 0.29) is 5.91 Å². The molecule has 1 saturated heterocycles. The summed E-state index contributed by atoms with van der Waals surface area (Å²) >= 11 is 1.62. The predicted molar refractivity (Wildman–Crippen MR) is 132 cm³/mol. The minimum atomic E-state index is -0.0151. The summed E-state index contributed by atoms with van der Waals surface area (Å²) in [6.45, 7) is 10.9. The highest BCUT2D eigenvalue weighted by molar-refractivity contribution is 7.16. The highest BCUT2D eigenvalue weighted by Gasteiger charge is 2.34. The Balaban J connectivity index is 1.36. The number of para-hydroxylation sites is 1. The molecule has 0 spiro atoms. The lowest BCUT2D eigenvalue weighted by molar-refractivity contribution is -0.117. The summed E-state index contributed by atoms with van der Waals surface area (Å²) < 4.78 is 0. The number of benzene rings is 1. The molecule has 1 aliphatic heterocycles. The molecule has 2 heterocycles. The average molecular weight is 451 g/mol. The average Bonchev–Trinajstić information content (AvgIpc) is 3.16. The summed E-state index contributed by atoms with van der Waals surface area (Å²) in [5.74, 6) is 0.619. The van der Waals surface area contributed by atoms with E-state index in [2.05, 4.69) is 66.2 Å². The fourth-order valence-corrected chi connectivity index (χ4v) is 6.21. The second-order valence-electron chi connectivity index (χ2n) is 9.75. The molecule has 2 aromatic rings. The second-order valence-corrected chi connectivity index (χ2v) is 10.9. The molecule has 5 nitrogen and oxygen atoms in total. The summed E-state index contributed by atoms with van der Waals surface area (Å²) in [6.07, 6.45) is 4.25. The molecule has 0 saturated carbocycles. The number of carbonyl (C=O) groups excluding carboxylic acids is 1. The van der Waals surface area contributed by atoms with Crippen molar-refractivity contribution in [3.05, 3.63) is 46.3 Å². The van der Waals surface area contributed by atoms with Gasteiger partial charge in [-0.15, -0.1) is 11.3 Å². The summed E-state index contributed by atoms with van der Waals surface area (Å²) in [7, 11) is 0. The molecule has 0 bridgehead atoms. The zero-order valence-corrected chi connectivity index (χ0v) is 20.3. The molecular formula is C26H34N4OS. The Labute approximate surface area is 196 Å². The zero-order valence-electron chi connectivity index (χ0n) is 19.5. The van der Waals surface area contributed by atoms with Crippen LogP contribution in [0.25, 0.3) is 0 Å². The van der Waals surface area contributed by atoms with Gasteiger partial charge in [0.15, 0.2) is 0 Å². The van der Waals surface area contributed by atoms with Crippen molar-refractivity contribution in [3.8, 4) is 6.07 Å². The van der Waals surface area contributed by atoms with E-state index in [0.717, 1.165) is 56.9 Å². The molecule has 0 radical (unpaired) electrons. The van der Waals surface area contributed by atoms with Gasteiger partial charge in [-0.05, 0) is 48.3 Å². The second kappa shape index (κ2) is 9.64. The lowest BCUT2D eigenvalue weighted by Gasteiger charge is -2.36. The topological polar surface area (TPSA) is 59.4 Å². The minimum absolute atomic E-state index is 0.0151. The molecule has 2 aliphatic rings. The van der Waals surface area contributed by atoms with Crippen LogP contribution in [0.4, 0.5) is 10.7 Å². The number of carbonyl (C=O) groups is 1. The highest BCUT2D eigenvalue weighted by atomic mass is 32.1. The summed E-state index contributed by atoms with van der Waals surface area (Å²) in [5, 5.41) is 13.6. The maximum Gasteiger partial charge on any atom is 0.239 e. The first-order valence-electron chi connectivity index (χ1n) is 11.8. The van der Waals surface area contributed by atoms with Crippen molar-refractivity contribution in [1.29, 1.82) is 5.26 Å². The number of rotatable bonds is 6. The van der Waals surface area contributed by atoms with Crippen LogP contribution in [-0.2, 0) is 17.6 Å². The summed E-state index contributed by atoms with van der Waals surface area (Å²) in [4.78, 5) is 18.7. The van der Waals surface area contributed by atoms with Crippen LogP contribution in [0.5, 0.6) is 0 Å². The maximum atomic E-state index is 12.8. The number of thiophene rings is 1. The first-order chi connectivity index (χ1) is 15.4. The number of amides is 1. The molecule has 170 valence electrons. The van der Waals surface area contributed by atoms with Crippen molar-refractivity contribution in [2.45, 2.75) is 46.5 Å². The Kier molecular flexibility index (Phi) is 6.88. The van der Waals surface area contributed by atoms with Crippen LogP contribution in [0.1, 0.15) is 49.6 Å². The minimum Gasteiger partial charge on any atom is -0.369 e. The number of fused-ring (bicyclic) bond motifs is 1. The van der Waals surface area contributed by atoms with Crippen LogP contribution in [0, 0.1) is 22.7 Å². The fraction of sp³-hybridized carbons (Fsp3) is 0.538. The van der Waals surface area contributed by atoms with Gasteiger partial charge in [0.2, 0.25) is 5.91 Å². The van der Waals surface area contributed by atoms with Crippen molar-refractivity contribution < 1.29 is 4.79 Å². The van der Waals surface area contributed by atoms with E-state index in [1.54, 1.807) is 11.3 Å². The molecule has 1 amide bonds. The van der Waals surface area contributed by atoms with Gasteiger partial charge in [-0.2, -0.15) is 5.26 Å². The fourth-order valence-electron chi connectivity index (χ4n) is 4.92. The molecule has 1 aromatic carbocycles. The van der Waals surface area contributed by atoms with E-state index in [0.29, 0.717) is 23.4 Å². The number of anilines is 2. The number of piperazine rings is 1. The highest BCUT2D eigenvalue weighted by Crippen LogP contribution is 2.45. The van der Waals surface area contributed by atoms with Crippen LogP contribution in [0.15, 0.2) is 30.3 Å². The Hall–Kier alpha value is -2.36. The molecular weight excluding hydrogens is 416 g/mol. The van der Waals surface area contributed by atoms with Crippen molar-refractivity contribution in [2.24, 2.45) is 11.3 Å². The molecule has 1 aromatic heterocycles. The number of hydrogen-bond acceptors (Lipinski definition) is 5. The van der Waals surface area contributed by atoms with Crippen LogP contribution < -0.4 is 10.2 Å². The van der Waals surface area contributed by atoms with Crippen molar-refractivity contribution in [1.82, 2.24) is 4.90 Å². The van der Waals surface area contributed by atoms with Gasteiger partial charge in [-0.25, -0.2) is 0 Å². The van der Waals surface area contributed by atoms with Crippen LogP contribution in [0.2, 0.25) is 0 Å². The van der Waals surface area contributed by atoms with Gasteiger partial charge in [-0.3, -0.25) is 9.69 Å². The van der Waals surface area contributed by atoms with Gasteiger partial charge in [0, 0.05) is 36.7 Å². The first-order valence-corrected chi connectivity index (χ1v) is 12.6. The molecule has 6 heteroatoms. The molecule has 1 N–H and O–H groups in total. The Bertz CT molecular complexity index is 983. The lowest BCUT2D eigenvalue weighted by Crippen LogP contribution is -2.48. The molecule has 32 heavy (non-hydrogen) atoms. The van der Waals surface area contributed by atoms with Gasteiger partial charge in [-0.1, -0.05) is 45.4 Å². The maximum absolute atomic E-state index is 12.8. The number of nitrogens with zero attached hydrogens (tertiary/aromatic N) is 3. The molecule has 1 atom stereocenters. The largest absolute Gasteiger partial charge is 0.369 e. The van der Waals surface area contributed by atoms with E-state index in [4.69, 9.17) is 0 Å².